The van der Waals surface area contributed by atoms with Gasteiger partial charge in [0.05, 0.1) is 11.5 Å². The average Bonchev–Trinajstić information content (AvgIpc) is 2.57. The molecular formula is C18H21FN2O4S. The summed E-state index contributed by atoms with van der Waals surface area (Å²) in [5.74, 6) is -0.750. The van der Waals surface area contributed by atoms with Gasteiger partial charge in [-0.1, -0.05) is 0 Å². The van der Waals surface area contributed by atoms with E-state index in [1.807, 2.05) is 6.92 Å². The first kappa shape index (κ1) is 19.9. The molecule has 6 nitrogen and oxygen atoms in total. The Labute approximate surface area is 152 Å². The number of amides is 1. The Bertz CT molecular complexity index is 883. The number of carbonyl (C=O) groups excluding carboxylic acids is 1. The van der Waals surface area contributed by atoms with E-state index in [4.69, 9.17) is 4.74 Å². The maximum atomic E-state index is 13.3. The van der Waals surface area contributed by atoms with E-state index in [-0.39, 0.29) is 22.4 Å². The molecule has 1 atom stereocenters. The summed E-state index contributed by atoms with van der Waals surface area (Å²) < 4.78 is 45.4. The van der Waals surface area contributed by atoms with Crippen LogP contribution >= 0.6 is 0 Å². The largest absolute Gasteiger partial charge is 0.383 e. The zero-order valence-corrected chi connectivity index (χ0v) is 15.6. The van der Waals surface area contributed by atoms with Crippen molar-refractivity contribution >= 4 is 21.6 Å². The SMILES string of the molecule is COCC(C)NC(=O)c1ccc(NS(=O)(=O)c2ccc(F)c(C)c2)cc1. The number of anilines is 1. The fourth-order valence-corrected chi connectivity index (χ4v) is 3.43. The van der Waals surface area contributed by atoms with Gasteiger partial charge in [0.2, 0.25) is 0 Å². The Hall–Kier alpha value is -2.45. The predicted octanol–water partition coefficient (Wildman–Crippen LogP) is 2.70. The normalized spacial score (nSPS) is 12.5. The van der Waals surface area contributed by atoms with Gasteiger partial charge in [-0.25, -0.2) is 12.8 Å². The lowest BCUT2D eigenvalue weighted by atomic mass is 10.2. The third kappa shape index (κ3) is 5.03. The van der Waals surface area contributed by atoms with E-state index in [0.29, 0.717) is 17.9 Å². The third-order valence-electron chi connectivity index (χ3n) is 3.63. The molecule has 2 aromatic carbocycles. The molecule has 0 aliphatic carbocycles. The molecule has 0 heterocycles. The van der Waals surface area contributed by atoms with Gasteiger partial charge < -0.3 is 10.1 Å². The summed E-state index contributed by atoms with van der Waals surface area (Å²) in [4.78, 5) is 12.0. The summed E-state index contributed by atoms with van der Waals surface area (Å²) in [6.07, 6.45) is 0. The Kier molecular flexibility index (Phi) is 6.33. The lowest BCUT2D eigenvalue weighted by Gasteiger charge is -2.13. The van der Waals surface area contributed by atoms with Crippen molar-refractivity contribution in [3.05, 3.63) is 59.4 Å². The lowest BCUT2D eigenvalue weighted by Crippen LogP contribution is -2.35. The van der Waals surface area contributed by atoms with Crippen molar-refractivity contribution in [1.82, 2.24) is 5.32 Å². The predicted molar refractivity (Wildman–Crippen MR) is 97.2 cm³/mol. The highest BCUT2D eigenvalue weighted by atomic mass is 32.2. The van der Waals surface area contributed by atoms with Gasteiger partial charge in [-0.15, -0.1) is 0 Å². The van der Waals surface area contributed by atoms with Crippen LogP contribution in [0.4, 0.5) is 10.1 Å². The van der Waals surface area contributed by atoms with Gasteiger partial charge in [-0.2, -0.15) is 0 Å². The molecule has 0 spiro atoms. The highest BCUT2D eigenvalue weighted by molar-refractivity contribution is 7.92. The van der Waals surface area contributed by atoms with Gasteiger partial charge in [0.15, 0.2) is 0 Å². The van der Waals surface area contributed by atoms with Crippen molar-refractivity contribution in [1.29, 1.82) is 0 Å². The molecule has 0 aliphatic rings. The minimum Gasteiger partial charge on any atom is -0.383 e. The summed E-state index contributed by atoms with van der Waals surface area (Å²) in [6, 6.07) is 9.44. The van der Waals surface area contributed by atoms with E-state index >= 15 is 0 Å². The maximum Gasteiger partial charge on any atom is 0.261 e. The van der Waals surface area contributed by atoms with Crippen molar-refractivity contribution in [3.8, 4) is 0 Å². The molecule has 8 heteroatoms. The molecule has 26 heavy (non-hydrogen) atoms. The lowest BCUT2D eigenvalue weighted by molar-refractivity contribution is 0.0905. The van der Waals surface area contributed by atoms with E-state index in [1.54, 1.807) is 7.11 Å². The number of sulfonamides is 1. The number of benzene rings is 2. The van der Waals surface area contributed by atoms with Crippen LogP contribution in [0, 0.1) is 12.7 Å². The van der Waals surface area contributed by atoms with Crippen molar-refractivity contribution in [2.24, 2.45) is 0 Å². The van der Waals surface area contributed by atoms with Crippen LogP contribution in [-0.4, -0.2) is 34.1 Å². The molecule has 1 amide bonds. The summed E-state index contributed by atoms with van der Waals surface area (Å²) in [5.41, 5.74) is 0.937. The Morgan fingerprint density at radius 3 is 2.42 bits per heavy atom. The van der Waals surface area contributed by atoms with E-state index in [1.165, 1.54) is 43.3 Å². The Balaban J connectivity index is 2.10. The van der Waals surface area contributed by atoms with Crippen LogP contribution in [0.5, 0.6) is 0 Å². The topological polar surface area (TPSA) is 84.5 Å². The standard InChI is InChI=1S/C18H21FN2O4S/c1-12-10-16(8-9-17(12)19)26(23,24)21-15-6-4-14(5-7-15)18(22)20-13(2)11-25-3/h4-10,13,21H,11H2,1-3H3,(H,20,22). The molecule has 0 radical (unpaired) electrons. The number of carbonyl (C=O) groups is 1. The first-order valence-corrected chi connectivity index (χ1v) is 9.40. The van der Waals surface area contributed by atoms with Crippen LogP contribution < -0.4 is 10.0 Å². The van der Waals surface area contributed by atoms with Gasteiger partial charge in [-0.3, -0.25) is 9.52 Å². The molecule has 2 rings (SSSR count). The number of aryl methyl sites for hydroxylation is 1. The van der Waals surface area contributed by atoms with Crippen LogP contribution in [0.25, 0.3) is 0 Å². The molecule has 2 aromatic rings. The summed E-state index contributed by atoms with van der Waals surface area (Å²) in [7, 11) is -2.30. The number of methoxy groups -OCH3 is 1. The number of nitrogens with one attached hydrogen (secondary N) is 2. The fraction of sp³-hybridized carbons (Fsp3) is 0.278. The minimum atomic E-state index is -3.85. The molecule has 0 saturated heterocycles. The van der Waals surface area contributed by atoms with Gasteiger partial charge in [0.25, 0.3) is 15.9 Å². The zero-order chi connectivity index (χ0) is 19.3. The monoisotopic (exact) mass is 380 g/mol. The second-order valence-corrected chi connectivity index (χ2v) is 7.61. The molecule has 0 aliphatic heterocycles. The second-order valence-electron chi connectivity index (χ2n) is 5.92. The molecule has 0 saturated carbocycles. The summed E-state index contributed by atoms with van der Waals surface area (Å²) in [5, 5.41) is 2.76. The van der Waals surface area contributed by atoms with E-state index in [9.17, 15) is 17.6 Å². The highest BCUT2D eigenvalue weighted by Crippen LogP contribution is 2.19. The smallest absolute Gasteiger partial charge is 0.261 e. The van der Waals surface area contributed by atoms with Crippen LogP contribution in [-0.2, 0) is 14.8 Å². The number of ether oxygens (including phenoxy) is 1. The van der Waals surface area contributed by atoms with E-state index in [2.05, 4.69) is 10.0 Å². The molecule has 1 unspecified atom stereocenters. The van der Waals surface area contributed by atoms with E-state index < -0.39 is 15.8 Å². The average molecular weight is 380 g/mol. The second kappa shape index (κ2) is 8.29. The molecule has 2 N–H and O–H groups in total. The first-order valence-electron chi connectivity index (χ1n) is 7.92. The summed E-state index contributed by atoms with van der Waals surface area (Å²) >= 11 is 0. The van der Waals surface area contributed by atoms with Crippen LogP contribution in [0.15, 0.2) is 47.4 Å². The van der Waals surface area contributed by atoms with Crippen molar-refractivity contribution in [2.45, 2.75) is 24.8 Å². The van der Waals surface area contributed by atoms with E-state index in [0.717, 1.165) is 6.07 Å². The van der Waals surface area contributed by atoms with Crippen LogP contribution in [0.1, 0.15) is 22.8 Å². The molecule has 0 fully saturated rings. The number of rotatable bonds is 7. The number of hydrogen-bond donors (Lipinski definition) is 2. The summed E-state index contributed by atoms with van der Waals surface area (Å²) in [6.45, 7) is 3.70. The minimum absolute atomic E-state index is 0.0355. The van der Waals surface area contributed by atoms with Crippen molar-refractivity contribution in [2.75, 3.05) is 18.4 Å². The Morgan fingerprint density at radius 2 is 1.85 bits per heavy atom. The number of halogens is 1. The van der Waals surface area contributed by atoms with Crippen LogP contribution in [0.2, 0.25) is 0 Å². The fourth-order valence-electron chi connectivity index (χ4n) is 2.29. The van der Waals surface area contributed by atoms with Gasteiger partial charge >= 0.3 is 0 Å². The Morgan fingerprint density at radius 1 is 1.19 bits per heavy atom. The molecule has 140 valence electrons. The third-order valence-corrected chi connectivity index (χ3v) is 5.01. The highest BCUT2D eigenvalue weighted by Gasteiger charge is 2.16. The first-order chi connectivity index (χ1) is 12.2. The molecule has 0 aromatic heterocycles. The zero-order valence-electron chi connectivity index (χ0n) is 14.7. The van der Waals surface area contributed by atoms with Gasteiger partial charge in [0.1, 0.15) is 5.82 Å². The van der Waals surface area contributed by atoms with Gasteiger partial charge in [-0.05, 0) is 61.9 Å². The maximum absolute atomic E-state index is 13.3. The van der Waals surface area contributed by atoms with Crippen molar-refractivity contribution < 1.29 is 22.3 Å². The molecule has 0 bridgehead atoms. The number of hydrogen-bond acceptors (Lipinski definition) is 4. The molecular weight excluding hydrogens is 359 g/mol. The van der Waals surface area contributed by atoms with Crippen LogP contribution in [0.3, 0.4) is 0 Å². The van der Waals surface area contributed by atoms with Crippen molar-refractivity contribution in [3.63, 3.8) is 0 Å². The van der Waals surface area contributed by atoms with Gasteiger partial charge in [0, 0.05) is 24.4 Å². The quantitative estimate of drug-likeness (QED) is 0.774.